The number of esters is 1. The predicted molar refractivity (Wildman–Crippen MR) is 104 cm³/mol. The van der Waals surface area contributed by atoms with Crippen LogP contribution in [0.5, 0.6) is 0 Å². The van der Waals surface area contributed by atoms with Gasteiger partial charge in [-0.1, -0.05) is 43.2 Å². The van der Waals surface area contributed by atoms with E-state index in [4.69, 9.17) is 4.74 Å². The quantitative estimate of drug-likeness (QED) is 0.725. The monoisotopic (exact) mass is 370 g/mol. The minimum Gasteiger partial charge on any atom is -0.462 e. The van der Waals surface area contributed by atoms with Crippen molar-refractivity contribution in [1.29, 1.82) is 0 Å². The van der Waals surface area contributed by atoms with E-state index in [1.54, 1.807) is 0 Å². The van der Waals surface area contributed by atoms with Crippen LogP contribution in [0.4, 0.5) is 0 Å². The number of aromatic nitrogens is 1. The molecule has 2 rings (SSSR count). The van der Waals surface area contributed by atoms with Gasteiger partial charge >= 0.3 is 5.97 Å². The van der Waals surface area contributed by atoms with Crippen LogP contribution in [0.25, 0.3) is 0 Å². The highest BCUT2D eigenvalue weighted by Crippen LogP contribution is 2.08. The molecule has 1 heterocycles. The molecule has 0 fully saturated rings. The Labute approximate surface area is 159 Å². The third-order valence-electron chi connectivity index (χ3n) is 4.25. The Kier molecular flexibility index (Phi) is 7.34. The van der Waals surface area contributed by atoms with Crippen LogP contribution in [-0.2, 0) is 17.7 Å². The lowest BCUT2D eigenvalue weighted by Gasteiger charge is -2.11. The van der Waals surface area contributed by atoms with E-state index >= 15 is 0 Å². The molecule has 6 nitrogen and oxygen atoms in total. The van der Waals surface area contributed by atoms with Crippen molar-refractivity contribution < 1.29 is 14.3 Å². The van der Waals surface area contributed by atoms with E-state index in [-0.39, 0.29) is 17.7 Å². The lowest BCUT2D eigenvalue weighted by atomic mass is 10.1. The van der Waals surface area contributed by atoms with Crippen LogP contribution in [0.15, 0.2) is 41.3 Å². The lowest BCUT2D eigenvalue weighted by Crippen LogP contribution is -2.32. The van der Waals surface area contributed by atoms with Crippen LogP contribution < -0.4 is 10.9 Å². The van der Waals surface area contributed by atoms with Crippen LogP contribution >= 0.6 is 0 Å². The first kappa shape index (κ1) is 20.4. The zero-order chi connectivity index (χ0) is 19.8. The standard InChI is InChI=1S/C21H26N2O4/c1-4-5-10-23-14-17(13-18(20(23)25)19(24)22-3)21(26)27-11-9-16-8-6-7-15(2)12-16/h6-8,12-14H,4-5,9-11H2,1-3H3,(H,22,24). The summed E-state index contributed by atoms with van der Waals surface area (Å²) in [4.78, 5) is 36.9. The molecule has 1 aromatic carbocycles. The predicted octanol–water partition coefficient (Wildman–Crippen LogP) is 2.72. The van der Waals surface area contributed by atoms with Gasteiger partial charge in [0.15, 0.2) is 0 Å². The molecule has 0 unspecified atom stereocenters. The molecule has 144 valence electrons. The van der Waals surface area contributed by atoms with Crippen LogP contribution in [-0.4, -0.2) is 30.1 Å². The maximum atomic E-state index is 12.4. The average molecular weight is 370 g/mol. The summed E-state index contributed by atoms with van der Waals surface area (Å²) in [5.74, 6) is -1.06. The van der Waals surface area contributed by atoms with Gasteiger partial charge < -0.3 is 14.6 Å². The number of pyridine rings is 1. The molecule has 0 saturated carbocycles. The highest BCUT2D eigenvalue weighted by Gasteiger charge is 2.17. The first-order valence-electron chi connectivity index (χ1n) is 9.15. The van der Waals surface area contributed by atoms with E-state index in [1.165, 1.54) is 23.9 Å². The molecular formula is C21H26N2O4. The molecule has 1 N–H and O–H groups in total. The lowest BCUT2D eigenvalue weighted by molar-refractivity contribution is 0.0508. The molecule has 1 amide bonds. The van der Waals surface area contributed by atoms with E-state index in [1.807, 2.05) is 38.1 Å². The molecule has 0 bridgehead atoms. The Morgan fingerprint density at radius 3 is 2.67 bits per heavy atom. The van der Waals surface area contributed by atoms with Gasteiger partial charge in [-0.25, -0.2) is 4.79 Å². The van der Waals surface area contributed by atoms with E-state index in [9.17, 15) is 14.4 Å². The number of hydrogen-bond acceptors (Lipinski definition) is 4. The molecule has 6 heteroatoms. The summed E-state index contributed by atoms with van der Waals surface area (Å²) in [5, 5.41) is 2.44. The van der Waals surface area contributed by atoms with Crippen LogP contribution in [0, 0.1) is 6.92 Å². The Bertz CT molecular complexity index is 871. The molecule has 0 atom stereocenters. The van der Waals surface area contributed by atoms with E-state index in [0.29, 0.717) is 13.0 Å². The highest BCUT2D eigenvalue weighted by molar-refractivity contribution is 5.97. The summed E-state index contributed by atoms with van der Waals surface area (Å²) < 4.78 is 6.76. The van der Waals surface area contributed by atoms with Crippen molar-refractivity contribution in [2.45, 2.75) is 39.7 Å². The van der Waals surface area contributed by atoms with Crippen molar-refractivity contribution in [3.63, 3.8) is 0 Å². The van der Waals surface area contributed by atoms with Gasteiger partial charge in [-0.05, 0) is 25.0 Å². The minimum absolute atomic E-state index is 0.0539. The summed E-state index contributed by atoms with van der Waals surface area (Å²) in [6.45, 7) is 4.69. The van der Waals surface area contributed by atoms with Crippen LogP contribution in [0.1, 0.15) is 51.6 Å². The third kappa shape index (κ3) is 5.54. The number of ether oxygens (including phenoxy) is 1. The second kappa shape index (κ2) is 9.71. The van der Waals surface area contributed by atoms with Gasteiger partial charge in [0.25, 0.3) is 11.5 Å². The maximum absolute atomic E-state index is 12.4. The fraction of sp³-hybridized carbons (Fsp3) is 0.381. The molecular weight excluding hydrogens is 344 g/mol. The van der Waals surface area contributed by atoms with Crippen LogP contribution in [0.2, 0.25) is 0 Å². The summed E-state index contributed by atoms with van der Waals surface area (Å²) in [6, 6.07) is 9.30. The van der Waals surface area contributed by atoms with Crippen LogP contribution in [0.3, 0.4) is 0 Å². The van der Waals surface area contributed by atoms with E-state index < -0.39 is 17.4 Å². The highest BCUT2D eigenvalue weighted by atomic mass is 16.5. The van der Waals surface area contributed by atoms with Crippen molar-refractivity contribution in [3.05, 3.63) is 69.1 Å². The number of carbonyl (C=O) groups is 2. The second-order valence-electron chi connectivity index (χ2n) is 6.45. The minimum atomic E-state index is -0.543. The number of benzene rings is 1. The Balaban J connectivity index is 2.16. The van der Waals surface area contributed by atoms with Crippen molar-refractivity contribution in [1.82, 2.24) is 9.88 Å². The van der Waals surface area contributed by atoms with Gasteiger partial charge in [0.05, 0.1) is 12.2 Å². The molecule has 0 saturated heterocycles. The number of amides is 1. The molecule has 0 radical (unpaired) electrons. The smallest absolute Gasteiger partial charge is 0.339 e. The van der Waals surface area contributed by atoms with Crippen molar-refractivity contribution >= 4 is 11.9 Å². The zero-order valence-electron chi connectivity index (χ0n) is 16.1. The number of nitrogens with one attached hydrogen (secondary N) is 1. The van der Waals surface area contributed by atoms with Gasteiger partial charge in [-0.15, -0.1) is 0 Å². The molecule has 27 heavy (non-hydrogen) atoms. The number of unbranched alkanes of at least 4 members (excludes halogenated alkanes) is 1. The molecule has 0 aliphatic carbocycles. The average Bonchev–Trinajstić information content (AvgIpc) is 2.66. The maximum Gasteiger partial charge on any atom is 0.339 e. The van der Waals surface area contributed by atoms with Crippen molar-refractivity contribution in [2.24, 2.45) is 0 Å². The Morgan fingerprint density at radius 1 is 1.22 bits per heavy atom. The van der Waals surface area contributed by atoms with Crippen molar-refractivity contribution in [2.75, 3.05) is 13.7 Å². The van der Waals surface area contributed by atoms with E-state index in [0.717, 1.165) is 24.0 Å². The second-order valence-corrected chi connectivity index (χ2v) is 6.45. The fourth-order valence-electron chi connectivity index (χ4n) is 2.75. The molecule has 2 aromatic rings. The molecule has 0 aliphatic heterocycles. The first-order chi connectivity index (χ1) is 13.0. The zero-order valence-corrected chi connectivity index (χ0v) is 16.1. The molecule has 1 aromatic heterocycles. The van der Waals surface area contributed by atoms with Crippen molar-refractivity contribution in [3.8, 4) is 0 Å². The van der Waals surface area contributed by atoms with Gasteiger partial charge in [0.1, 0.15) is 5.56 Å². The number of nitrogens with zero attached hydrogens (tertiary/aromatic N) is 1. The SMILES string of the molecule is CCCCn1cc(C(=O)OCCc2cccc(C)c2)cc(C(=O)NC)c1=O. The Hall–Kier alpha value is -2.89. The normalized spacial score (nSPS) is 10.5. The van der Waals surface area contributed by atoms with Gasteiger partial charge in [-0.3, -0.25) is 9.59 Å². The molecule has 0 aliphatic rings. The summed E-state index contributed by atoms with van der Waals surface area (Å²) in [6.07, 6.45) is 3.75. The fourth-order valence-corrected chi connectivity index (χ4v) is 2.75. The summed E-state index contributed by atoms with van der Waals surface area (Å²) in [7, 11) is 1.45. The van der Waals surface area contributed by atoms with Gasteiger partial charge in [0, 0.05) is 26.2 Å². The number of hydrogen-bond donors (Lipinski definition) is 1. The summed E-state index contributed by atoms with van der Waals surface area (Å²) in [5.41, 5.74) is 1.98. The topological polar surface area (TPSA) is 77.4 Å². The van der Waals surface area contributed by atoms with Gasteiger partial charge in [-0.2, -0.15) is 0 Å². The Morgan fingerprint density at radius 2 is 2.00 bits per heavy atom. The first-order valence-corrected chi connectivity index (χ1v) is 9.15. The largest absolute Gasteiger partial charge is 0.462 e. The number of rotatable bonds is 8. The number of carbonyl (C=O) groups excluding carboxylic acids is 2. The van der Waals surface area contributed by atoms with E-state index in [2.05, 4.69) is 5.32 Å². The van der Waals surface area contributed by atoms with Gasteiger partial charge in [0.2, 0.25) is 0 Å². The summed E-state index contributed by atoms with van der Waals surface area (Å²) >= 11 is 0. The molecule has 0 spiro atoms. The third-order valence-corrected chi connectivity index (χ3v) is 4.25. The number of aryl methyl sites for hydroxylation is 2.